The van der Waals surface area contributed by atoms with E-state index in [9.17, 15) is 4.79 Å². The molecule has 0 bridgehead atoms. The smallest absolute Gasteiger partial charge is 0.305 e. The summed E-state index contributed by atoms with van der Waals surface area (Å²) in [6, 6.07) is 2.99. The zero-order valence-electron chi connectivity index (χ0n) is 11.3. The Bertz CT molecular complexity index is 443. The molecule has 2 N–H and O–H groups in total. The average molecular weight is 339 g/mol. The highest BCUT2D eigenvalue weighted by atomic mass is 35.5. The SMILES string of the molecule is CCOC(=O)CCCCC(N)c1c(Cl)cc(Cl)cc1Cl. The van der Waals surface area contributed by atoms with Crippen molar-refractivity contribution in [3.8, 4) is 0 Å². The number of hydrogen-bond acceptors (Lipinski definition) is 3. The first-order chi connectivity index (χ1) is 9.45. The molecule has 0 aromatic heterocycles. The maximum atomic E-state index is 11.2. The lowest BCUT2D eigenvalue weighted by molar-refractivity contribution is -0.143. The maximum absolute atomic E-state index is 11.2. The topological polar surface area (TPSA) is 52.3 Å². The van der Waals surface area contributed by atoms with Crippen LogP contribution in [0.25, 0.3) is 0 Å². The van der Waals surface area contributed by atoms with Crippen molar-refractivity contribution in [3.05, 3.63) is 32.8 Å². The fraction of sp³-hybridized carbons (Fsp3) is 0.500. The molecule has 20 heavy (non-hydrogen) atoms. The van der Waals surface area contributed by atoms with E-state index in [0.29, 0.717) is 40.1 Å². The molecule has 0 radical (unpaired) electrons. The third-order valence-electron chi connectivity index (χ3n) is 2.87. The minimum absolute atomic E-state index is 0.177. The van der Waals surface area contributed by atoms with Gasteiger partial charge in [-0.15, -0.1) is 0 Å². The first kappa shape index (κ1) is 17.6. The summed E-state index contributed by atoms with van der Waals surface area (Å²) >= 11 is 18.1. The van der Waals surface area contributed by atoms with Crippen molar-refractivity contribution >= 4 is 40.8 Å². The van der Waals surface area contributed by atoms with E-state index >= 15 is 0 Å². The van der Waals surface area contributed by atoms with Gasteiger partial charge >= 0.3 is 5.97 Å². The predicted molar refractivity (Wildman–Crippen MR) is 83.5 cm³/mol. The van der Waals surface area contributed by atoms with Crippen LogP contribution in [0.1, 0.15) is 44.2 Å². The monoisotopic (exact) mass is 337 g/mol. The Morgan fingerprint density at radius 3 is 2.40 bits per heavy atom. The van der Waals surface area contributed by atoms with Crippen molar-refractivity contribution < 1.29 is 9.53 Å². The highest BCUT2D eigenvalue weighted by molar-refractivity contribution is 6.39. The molecular formula is C14H18Cl3NO2. The van der Waals surface area contributed by atoms with Crippen LogP contribution in [0.4, 0.5) is 0 Å². The molecule has 1 unspecified atom stereocenters. The molecule has 0 fully saturated rings. The Balaban J connectivity index is 2.47. The molecule has 1 rings (SSSR count). The molecule has 6 heteroatoms. The first-order valence-corrected chi connectivity index (χ1v) is 7.64. The molecule has 0 saturated heterocycles. The van der Waals surface area contributed by atoms with Gasteiger partial charge in [-0.2, -0.15) is 0 Å². The van der Waals surface area contributed by atoms with Crippen molar-refractivity contribution in [2.75, 3.05) is 6.61 Å². The number of nitrogens with two attached hydrogens (primary N) is 1. The minimum Gasteiger partial charge on any atom is -0.466 e. The molecule has 112 valence electrons. The molecule has 0 amide bonds. The van der Waals surface area contributed by atoms with Crippen LogP contribution >= 0.6 is 34.8 Å². The van der Waals surface area contributed by atoms with Crippen molar-refractivity contribution in [2.24, 2.45) is 5.73 Å². The van der Waals surface area contributed by atoms with E-state index in [0.717, 1.165) is 12.8 Å². The summed E-state index contributed by atoms with van der Waals surface area (Å²) in [5.74, 6) is -0.177. The zero-order valence-corrected chi connectivity index (χ0v) is 13.6. The van der Waals surface area contributed by atoms with E-state index < -0.39 is 0 Å². The normalized spacial score (nSPS) is 12.2. The summed E-state index contributed by atoms with van der Waals surface area (Å²) in [7, 11) is 0. The van der Waals surface area contributed by atoms with Gasteiger partial charge in [-0.3, -0.25) is 4.79 Å². The van der Waals surface area contributed by atoms with Gasteiger partial charge in [-0.25, -0.2) is 0 Å². The van der Waals surface area contributed by atoms with E-state index in [2.05, 4.69) is 0 Å². The molecule has 0 spiro atoms. The van der Waals surface area contributed by atoms with Crippen molar-refractivity contribution in [2.45, 2.75) is 38.6 Å². The maximum Gasteiger partial charge on any atom is 0.305 e. The summed E-state index contributed by atoms with van der Waals surface area (Å²) in [4.78, 5) is 11.2. The average Bonchev–Trinajstić information content (AvgIpc) is 2.33. The number of ether oxygens (including phenoxy) is 1. The van der Waals surface area contributed by atoms with E-state index in [1.54, 1.807) is 19.1 Å². The lowest BCUT2D eigenvalue weighted by Crippen LogP contribution is -2.12. The summed E-state index contributed by atoms with van der Waals surface area (Å²) in [6.45, 7) is 2.20. The lowest BCUT2D eigenvalue weighted by Gasteiger charge is -2.15. The van der Waals surface area contributed by atoms with Crippen molar-refractivity contribution in [1.82, 2.24) is 0 Å². The van der Waals surface area contributed by atoms with Crippen molar-refractivity contribution in [1.29, 1.82) is 0 Å². The van der Waals surface area contributed by atoms with Gasteiger partial charge in [-0.1, -0.05) is 41.2 Å². The van der Waals surface area contributed by atoms with Crippen LogP contribution in [0, 0.1) is 0 Å². The van der Waals surface area contributed by atoms with Crippen LogP contribution in [0.5, 0.6) is 0 Å². The van der Waals surface area contributed by atoms with Crippen LogP contribution in [-0.4, -0.2) is 12.6 Å². The van der Waals surface area contributed by atoms with Gasteiger partial charge in [0.25, 0.3) is 0 Å². The first-order valence-electron chi connectivity index (χ1n) is 6.51. The molecular weight excluding hydrogens is 321 g/mol. The number of unbranched alkanes of at least 4 members (excludes halogenated alkanes) is 1. The van der Waals surface area contributed by atoms with Crippen LogP contribution in [0.3, 0.4) is 0 Å². The molecule has 0 aliphatic rings. The van der Waals surface area contributed by atoms with Crippen LogP contribution in [0.15, 0.2) is 12.1 Å². The second-order valence-corrected chi connectivity index (χ2v) is 5.69. The summed E-state index contributed by atoms with van der Waals surface area (Å²) in [5, 5.41) is 1.43. The number of benzene rings is 1. The van der Waals surface area contributed by atoms with Gasteiger partial charge in [-0.05, 0) is 31.9 Å². The number of carbonyl (C=O) groups excluding carboxylic acids is 1. The van der Waals surface area contributed by atoms with Gasteiger partial charge < -0.3 is 10.5 Å². The quantitative estimate of drug-likeness (QED) is 0.575. The number of rotatable bonds is 7. The number of hydrogen-bond donors (Lipinski definition) is 1. The molecule has 1 aromatic carbocycles. The second kappa shape index (κ2) is 8.73. The minimum atomic E-state index is -0.269. The van der Waals surface area contributed by atoms with E-state index in [1.165, 1.54) is 0 Å². The van der Waals surface area contributed by atoms with Gasteiger partial charge in [0.2, 0.25) is 0 Å². The van der Waals surface area contributed by atoms with Gasteiger partial charge in [0.15, 0.2) is 0 Å². The standard InChI is InChI=1S/C14H18Cl3NO2/c1-2-20-13(19)6-4-3-5-12(18)14-10(16)7-9(15)8-11(14)17/h7-8,12H,2-6,18H2,1H3. The molecule has 0 saturated carbocycles. The molecule has 1 atom stereocenters. The largest absolute Gasteiger partial charge is 0.466 e. The molecule has 0 aliphatic heterocycles. The molecule has 0 heterocycles. The Morgan fingerprint density at radius 2 is 1.85 bits per heavy atom. The van der Waals surface area contributed by atoms with E-state index in [4.69, 9.17) is 45.3 Å². The van der Waals surface area contributed by atoms with Crippen LogP contribution in [0.2, 0.25) is 15.1 Å². The molecule has 1 aromatic rings. The molecule has 0 aliphatic carbocycles. The second-order valence-electron chi connectivity index (χ2n) is 4.44. The number of carbonyl (C=O) groups is 1. The van der Waals surface area contributed by atoms with Gasteiger partial charge in [0.1, 0.15) is 0 Å². The van der Waals surface area contributed by atoms with Crippen molar-refractivity contribution in [3.63, 3.8) is 0 Å². The highest BCUT2D eigenvalue weighted by Crippen LogP contribution is 2.34. The Kier molecular flexibility index (Phi) is 7.67. The Labute approximate surface area is 134 Å². The van der Waals surface area contributed by atoms with Crippen LogP contribution < -0.4 is 5.73 Å². The zero-order chi connectivity index (χ0) is 15.1. The van der Waals surface area contributed by atoms with E-state index in [1.807, 2.05) is 0 Å². The Hall–Kier alpha value is -0.480. The summed E-state index contributed by atoms with van der Waals surface area (Å²) in [5.41, 5.74) is 6.80. The fourth-order valence-electron chi connectivity index (χ4n) is 1.92. The van der Waals surface area contributed by atoms with Gasteiger partial charge in [0.05, 0.1) is 6.61 Å². The fourth-order valence-corrected chi connectivity index (χ4v) is 3.02. The predicted octanol–water partition coefficient (Wildman–Crippen LogP) is 4.77. The van der Waals surface area contributed by atoms with Crippen LogP contribution in [-0.2, 0) is 9.53 Å². The lowest BCUT2D eigenvalue weighted by atomic mass is 10.0. The highest BCUT2D eigenvalue weighted by Gasteiger charge is 2.15. The number of halogens is 3. The third-order valence-corrected chi connectivity index (χ3v) is 3.71. The van der Waals surface area contributed by atoms with Gasteiger partial charge in [0, 0.05) is 33.1 Å². The summed E-state index contributed by atoms with van der Waals surface area (Å²) in [6.07, 6.45) is 2.63. The Morgan fingerprint density at radius 1 is 1.25 bits per heavy atom. The number of esters is 1. The third kappa shape index (κ3) is 5.49. The molecule has 3 nitrogen and oxygen atoms in total. The van der Waals surface area contributed by atoms with E-state index in [-0.39, 0.29) is 12.0 Å². The summed E-state index contributed by atoms with van der Waals surface area (Å²) < 4.78 is 4.86.